The van der Waals surface area contributed by atoms with Gasteiger partial charge in [-0.25, -0.2) is 9.37 Å². The summed E-state index contributed by atoms with van der Waals surface area (Å²) in [6.07, 6.45) is 4.25. The van der Waals surface area contributed by atoms with Crippen LogP contribution in [0.15, 0.2) is 30.5 Å². The first-order chi connectivity index (χ1) is 12.2. The Morgan fingerprint density at radius 2 is 2.16 bits per heavy atom. The lowest BCUT2D eigenvalue weighted by atomic mass is 9.94. The largest absolute Gasteiger partial charge is 0.327 e. The van der Waals surface area contributed by atoms with Crippen molar-refractivity contribution >= 4 is 11.0 Å². The van der Waals surface area contributed by atoms with Gasteiger partial charge >= 0.3 is 0 Å². The molecule has 6 heteroatoms. The van der Waals surface area contributed by atoms with Crippen molar-refractivity contribution in [3.63, 3.8) is 0 Å². The standard InChI is InChI=1S/C19H24FN5/c1-3-25-18-7-6-15(20)11-16(18)22-19(25)13-24-10-4-5-14(12-24)17-8-9-21-23(17)2/h6-9,11,14H,3-5,10,12-13H2,1-2H3/t14-/m1/s1. The maximum absolute atomic E-state index is 13.5. The molecule has 0 spiro atoms. The lowest BCUT2D eigenvalue weighted by molar-refractivity contribution is 0.190. The number of likely N-dealkylation sites (tertiary alicyclic amines) is 1. The fourth-order valence-electron chi connectivity index (χ4n) is 4.05. The number of fused-ring (bicyclic) bond motifs is 1. The Balaban J connectivity index is 1.57. The van der Waals surface area contributed by atoms with E-state index in [-0.39, 0.29) is 5.82 Å². The van der Waals surface area contributed by atoms with E-state index in [2.05, 4.69) is 27.6 Å². The summed E-state index contributed by atoms with van der Waals surface area (Å²) < 4.78 is 17.7. The zero-order valence-corrected chi connectivity index (χ0v) is 14.8. The van der Waals surface area contributed by atoms with Crippen molar-refractivity contribution in [1.82, 2.24) is 24.2 Å². The maximum Gasteiger partial charge on any atom is 0.125 e. The van der Waals surface area contributed by atoms with E-state index in [0.29, 0.717) is 5.92 Å². The van der Waals surface area contributed by atoms with Gasteiger partial charge in [-0.1, -0.05) is 0 Å². The SMILES string of the molecule is CCn1c(CN2CCC[C@@H](c3ccnn3C)C2)nc2cc(F)ccc21. The molecule has 2 aromatic heterocycles. The minimum absolute atomic E-state index is 0.228. The predicted octanol–water partition coefficient (Wildman–Crippen LogP) is 3.31. The Morgan fingerprint density at radius 3 is 2.92 bits per heavy atom. The Hall–Kier alpha value is -2.21. The van der Waals surface area contributed by atoms with Crippen LogP contribution >= 0.6 is 0 Å². The molecule has 1 aromatic carbocycles. The van der Waals surface area contributed by atoms with Crippen LogP contribution in [0.3, 0.4) is 0 Å². The fraction of sp³-hybridized carbons (Fsp3) is 0.474. The number of hydrogen-bond donors (Lipinski definition) is 0. The molecule has 0 radical (unpaired) electrons. The normalized spacial score (nSPS) is 18.9. The molecule has 0 unspecified atom stereocenters. The van der Waals surface area contributed by atoms with Gasteiger partial charge in [0.25, 0.3) is 0 Å². The van der Waals surface area contributed by atoms with Gasteiger partial charge in [-0.3, -0.25) is 9.58 Å². The van der Waals surface area contributed by atoms with Gasteiger partial charge in [-0.15, -0.1) is 0 Å². The third-order valence-electron chi connectivity index (χ3n) is 5.25. The van der Waals surface area contributed by atoms with Crippen LogP contribution in [0.4, 0.5) is 4.39 Å². The molecule has 1 saturated heterocycles. The van der Waals surface area contributed by atoms with Crippen LogP contribution in [-0.2, 0) is 20.1 Å². The summed E-state index contributed by atoms with van der Waals surface area (Å²) in [6.45, 7) is 5.86. The molecule has 0 amide bonds. The van der Waals surface area contributed by atoms with Crippen LogP contribution in [0.2, 0.25) is 0 Å². The Labute approximate surface area is 147 Å². The van der Waals surface area contributed by atoms with Crippen molar-refractivity contribution in [1.29, 1.82) is 0 Å². The maximum atomic E-state index is 13.5. The first-order valence-corrected chi connectivity index (χ1v) is 9.00. The zero-order chi connectivity index (χ0) is 17.4. The molecule has 3 heterocycles. The second-order valence-corrected chi connectivity index (χ2v) is 6.86. The lowest BCUT2D eigenvalue weighted by Crippen LogP contribution is -2.35. The topological polar surface area (TPSA) is 38.9 Å². The number of hydrogen-bond acceptors (Lipinski definition) is 3. The van der Waals surface area contributed by atoms with Crippen LogP contribution < -0.4 is 0 Å². The van der Waals surface area contributed by atoms with Crippen molar-refractivity contribution in [2.45, 2.75) is 38.8 Å². The van der Waals surface area contributed by atoms with Crippen LogP contribution in [-0.4, -0.2) is 37.3 Å². The summed E-state index contributed by atoms with van der Waals surface area (Å²) >= 11 is 0. The summed E-state index contributed by atoms with van der Waals surface area (Å²) in [5, 5.41) is 4.31. The van der Waals surface area contributed by atoms with Crippen molar-refractivity contribution < 1.29 is 4.39 Å². The van der Waals surface area contributed by atoms with E-state index in [4.69, 9.17) is 4.98 Å². The number of benzene rings is 1. The van der Waals surface area contributed by atoms with Gasteiger partial charge in [0.1, 0.15) is 11.6 Å². The van der Waals surface area contributed by atoms with Crippen LogP contribution in [0.1, 0.15) is 37.2 Å². The van der Waals surface area contributed by atoms with Gasteiger partial charge in [0, 0.05) is 44.0 Å². The van der Waals surface area contributed by atoms with Gasteiger partial charge < -0.3 is 4.57 Å². The highest BCUT2D eigenvalue weighted by atomic mass is 19.1. The summed E-state index contributed by atoms with van der Waals surface area (Å²) in [5.74, 6) is 1.31. The van der Waals surface area contributed by atoms with E-state index in [1.54, 1.807) is 0 Å². The van der Waals surface area contributed by atoms with Gasteiger partial charge in [0.05, 0.1) is 17.6 Å². The number of piperidine rings is 1. The number of imidazole rings is 1. The van der Waals surface area contributed by atoms with Crippen molar-refractivity contribution in [3.8, 4) is 0 Å². The molecule has 1 fully saturated rings. The number of rotatable bonds is 4. The van der Waals surface area contributed by atoms with Crippen molar-refractivity contribution in [2.75, 3.05) is 13.1 Å². The molecule has 1 aliphatic heterocycles. The smallest absolute Gasteiger partial charge is 0.125 e. The first-order valence-electron chi connectivity index (χ1n) is 9.00. The van der Waals surface area contributed by atoms with Crippen LogP contribution in [0.25, 0.3) is 11.0 Å². The molecule has 3 aromatic rings. The van der Waals surface area contributed by atoms with E-state index >= 15 is 0 Å². The average molecular weight is 341 g/mol. The lowest BCUT2D eigenvalue weighted by Gasteiger charge is -2.32. The zero-order valence-electron chi connectivity index (χ0n) is 14.8. The van der Waals surface area contributed by atoms with E-state index in [1.807, 2.05) is 24.0 Å². The van der Waals surface area contributed by atoms with Crippen molar-refractivity contribution in [3.05, 3.63) is 47.8 Å². The van der Waals surface area contributed by atoms with Gasteiger partial charge in [0.2, 0.25) is 0 Å². The predicted molar refractivity (Wildman–Crippen MR) is 95.8 cm³/mol. The highest BCUT2D eigenvalue weighted by Crippen LogP contribution is 2.28. The second kappa shape index (κ2) is 6.59. The number of aryl methyl sites for hydroxylation is 2. The molecule has 4 rings (SSSR count). The van der Waals surface area contributed by atoms with Gasteiger partial charge in [-0.2, -0.15) is 5.10 Å². The second-order valence-electron chi connectivity index (χ2n) is 6.86. The summed E-state index contributed by atoms with van der Waals surface area (Å²) in [4.78, 5) is 7.17. The molecule has 1 aliphatic rings. The van der Waals surface area contributed by atoms with Crippen molar-refractivity contribution in [2.24, 2.45) is 7.05 Å². The van der Waals surface area contributed by atoms with E-state index < -0.39 is 0 Å². The minimum atomic E-state index is -0.228. The highest BCUT2D eigenvalue weighted by molar-refractivity contribution is 5.76. The molecule has 5 nitrogen and oxygen atoms in total. The molecule has 0 N–H and O–H groups in total. The van der Waals surface area contributed by atoms with Gasteiger partial charge in [-0.05, 0) is 44.5 Å². The number of nitrogens with zero attached hydrogens (tertiary/aromatic N) is 5. The summed E-state index contributed by atoms with van der Waals surface area (Å²) in [7, 11) is 2.01. The molecule has 132 valence electrons. The highest BCUT2D eigenvalue weighted by Gasteiger charge is 2.24. The fourth-order valence-corrected chi connectivity index (χ4v) is 4.05. The van der Waals surface area contributed by atoms with Crippen LogP contribution in [0.5, 0.6) is 0 Å². The summed E-state index contributed by atoms with van der Waals surface area (Å²) in [5.41, 5.74) is 3.06. The van der Waals surface area contributed by atoms with E-state index in [0.717, 1.165) is 43.0 Å². The van der Waals surface area contributed by atoms with E-state index in [9.17, 15) is 4.39 Å². The first kappa shape index (κ1) is 16.3. The van der Waals surface area contributed by atoms with E-state index in [1.165, 1.54) is 30.7 Å². The minimum Gasteiger partial charge on any atom is -0.327 e. The Kier molecular flexibility index (Phi) is 4.29. The third-order valence-corrected chi connectivity index (χ3v) is 5.25. The summed E-state index contributed by atoms with van der Waals surface area (Å²) in [6, 6.07) is 7.00. The monoisotopic (exact) mass is 341 g/mol. The molecule has 0 bridgehead atoms. The van der Waals surface area contributed by atoms with Crippen LogP contribution in [0, 0.1) is 5.82 Å². The molecular formula is C19H24FN5. The molecule has 1 atom stereocenters. The molecule has 0 aliphatic carbocycles. The quantitative estimate of drug-likeness (QED) is 0.731. The van der Waals surface area contributed by atoms with Gasteiger partial charge in [0.15, 0.2) is 0 Å². The number of aromatic nitrogens is 4. The molecular weight excluding hydrogens is 317 g/mol. The average Bonchev–Trinajstić information content (AvgIpc) is 3.17. The third kappa shape index (κ3) is 3.06. The number of halogens is 1. The molecule has 0 saturated carbocycles. The molecule has 25 heavy (non-hydrogen) atoms. The Morgan fingerprint density at radius 1 is 1.28 bits per heavy atom. The Bertz CT molecular complexity index is 881.